The molecule has 1 fully saturated rings. The second-order valence-electron chi connectivity index (χ2n) is 7.78. The van der Waals surface area contributed by atoms with Crippen LogP contribution in [0.1, 0.15) is 33.3 Å². The summed E-state index contributed by atoms with van der Waals surface area (Å²) in [6.07, 6.45) is 1.62. The number of para-hydroxylation sites is 1. The molecular weight excluding hydrogens is 406 g/mol. The summed E-state index contributed by atoms with van der Waals surface area (Å²) in [5.74, 6) is -0.507. The minimum Gasteiger partial charge on any atom is -0.378 e. The Morgan fingerprint density at radius 2 is 1.78 bits per heavy atom. The molecule has 0 saturated carbocycles. The van der Waals surface area contributed by atoms with Crippen LogP contribution in [-0.2, 0) is 9.53 Å². The van der Waals surface area contributed by atoms with E-state index in [4.69, 9.17) is 4.74 Å². The van der Waals surface area contributed by atoms with Crippen molar-refractivity contribution in [1.82, 2.24) is 9.88 Å². The van der Waals surface area contributed by atoms with Gasteiger partial charge in [-0.1, -0.05) is 24.3 Å². The van der Waals surface area contributed by atoms with Gasteiger partial charge in [0.25, 0.3) is 5.91 Å². The highest BCUT2D eigenvalue weighted by Crippen LogP contribution is 2.35. The molecule has 5 rings (SSSR count). The quantitative estimate of drug-likeness (QED) is 0.587. The summed E-state index contributed by atoms with van der Waals surface area (Å²) in [6, 6.07) is 16.2. The molecule has 0 atom stereocenters. The fourth-order valence-electron chi connectivity index (χ4n) is 4.13. The number of Topliss-reactive ketones (excluding diaryl/α,β-unsaturated/α-hetero) is 1. The lowest BCUT2D eigenvalue weighted by Gasteiger charge is -2.26. The molecular formula is C25H21N3O4. The van der Waals surface area contributed by atoms with Gasteiger partial charge in [0.15, 0.2) is 0 Å². The van der Waals surface area contributed by atoms with Crippen LogP contribution >= 0.6 is 0 Å². The van der Waals surface area contributed by atoms with Crippen LogP contribution in [0.5, 0.6) is 0 Å². The number of aromatic nitrogens is 1. The van der Waals surface area contributed by atoms with Gasteiger partial charge in [0.2, 0.25) is 11.7 Å². The third kappa shape index (κ3) is 3.46. The topological polar surface area (TPSA) is 79.8 Å². The summed E-state index contributed by atoms with van der Waals surface area (Å²) in [7, 11) is 0. The Morgan fingerprint density at radius 3 is 2.56 bits per heavy atom. The van der Waals surface area contributed by atoms with Gasteiger partial charge in [-0.05, 0) is 36.4 Å². The highest BCUT2D eigenvalue weighted by Gasteiger charge is 2.34. The maximum atomic E-state index is 12.9. The van der Waals surface area contributed by atoms with Crippen molar-refractivity contribution in [3.05, 3.63) is 77.1 Å². The van der Waals surface area contributed by atoms with Gasteiger partial charge in [-0.25, -0.2) is 4.98 Å². The van der Waals surface area contributed by atoms with E-state index in [-0.39, 0.29) is 23.3 Å². The lowest BCUT2D eigenvalue weighted by atomic mass is 10.1. The summed E-state index contributed by atoms with van der Waals surface area (Å²) in [5.41, 5.74) is 3.09. The summed E-state index contributed by atoms with van der Waals surface area (Å²) in [5, 5.41) is 0.884. The Balaban J connectivity index is 1.52. The third-order valence-corrected chi connectivity index (χ3v) is 5.72. The predicted molar refractivity (Wildman–Crippen MR) is 120 cm³/mol. The van der Waals surface area contributed by atoms with E-state index in [1.165, 1.54) is 11.8 Å². The van der Waals surface area contributed by atoms with E-state index >= 15 is 0 Å². The normalized spacial score (nSPS) is 17.2. The fourth-order valence-corrected chi connectivity index (χ4v) is 4.13. The second kappa shape index (κ2) is 8.01. The van der Waals surface area contributed by atoms with Crippen molar-refractivity contribution in [2.24, 2.45) is 0 Å². The molecule has 0 radical (unpaired) electrons. The number of benzene rings is 2. The minimum absolute atomic E-state index is 0.0510. The van der Waals surface area contributed by atoms with Crippen molar-refractivity contribution in [3.8, 4) is 0 Å². The maximum Gasteiger partial charge on any atom is 0.254 e. The molecule has 0 N–H and O–H groups in total. The zero-order chi connectivity index (χ0) is 22.2. The fraction of sp³-hybridized carbons (Fsp3) is 0.200. The highest BCUT2D eigenvalue weighted by molar-refractivity contribution is 6.26. The van der Waals surface area contributed by atoms with Gasteiger partial charge < -0.3 is 9.64 Å². The Morgan fingerprint density at radius 1 is 1.03 bits per heavy atom. The van der Waals surface area contributed by atoms with Gasteiger partial charge in [-0.15, -0.1) is 0 Å². The van der Waals surface area contributed by atoms with E-state index in [9.17, 15) is 14.4 Å². The molecule has 1 aromatic heterocycles. The van der Waals surface area contributed by atoms with E-state index in [0.717, 1.165) is 5.39 Å². The maximum absolute atomic E-state index is 12.9. The lowest BCUT2D eigenvalue weighted by Crippen LogP contribution is -2.40. The third-order valence-electron chi connectivity index (χ3n) is 5.72. The van der Waals surface area contributed by atoms with Gasteiger partial charge >= 0.3 is 0 Å². The first kappa shape index (κ1) is 20.1. The summed E-state index contributed by atoms with van der Waals surface area (Å²) < 4.78 is 5.32. The van der Waals surface area contributed by atoms with Crippen LogP contribution in [0.2, 0.25) is 0 Å². The monoisotopic (exact) mass is 427 g/mol. The SMILES string of the molecule is CC(=O)N1/C(=C/c2ccc3ccc(C(=O)N4CCOCC4)cc3n2)C(=O)c2ccccc21. The molecule has 7 heteroatoms. The number of pyridine rings is 1. The van der Waals surface area contributed by atoms with Crippen molar-refractivity contribution >= 4 is 40.3 Å². The zero-order valence-corrected chi connectivity index (χ0v) is 17.6. The van der Waals surface area contributed by atoms with E-state index in [1.54, 1.807) is 53.4 Å². The largest absolute Gasteiger partial charge is 0.378 e. The minimum atomic E-state index is -0.242. The van der Waals surface area contributed by atoms with E-state index in [1.807, 2.05) is 12.1 Å². The van der Waals surface area contributed by atoms with Crippen LogP contribution in [0, 0.1) is 0 Å². The average molecular weight is 427 g/mol. The smallest absolute Gasteiger partial charge is 0.254 e. The zero-order valence-electron chi connectivity index (χ0n) is 17.6. The number of carbonyl (C=O) groups is 3. The molecule has 3 aromatic rings. The number of ether oxygens (including phenoxy) is 1. The van der Waals surface area contributed by atoms with Crippen molar-refractivity contribution in [2.45, 2.75) is 6.92 Å². The van der Waals surface area contributed by atoms with E-state index in [0.29, 0.717) is 54.3 Å². The first-order valence-electron chi connectivity index (χ1n) is 10.5. The molecule has 7 nitrogen and oxygen atoms in total. The number of ketones is 1. The Kier molecular flexibility index (Phi) is 5.03. The average Bonchev–Trinajstić information content (AvgIpc) is 3.10. The molecule has 32 heavy (non-hydrogen) atoms. The molecule has 3 heterocycles. The number of nitrogens with zero attached hydrogens (tertiary/aromatic N) is 3. The number of hydrogen-bond acceptors (Lipinski definition) is 5. The van der Waals surface area contributed by atoms with Crippen LogP contribution in [-0.4, -0.2) is 53.8 Å². The van der Waals surface area contributed by atoms with Crippen LogP contribution in [0.15, 0.2) is 60.3 Å². The molecule has 2 aromatic carbocycles. The van der Waals surface area contributed by atoms with E-state index < -0.39 is 0 Å². The van der Waals surface area contributed by atoms with Crippen LogP contribution in [0.25, 0.3) is 17.0 Å². The Labute approximate surface area is 184 Å². The summed E-state index contributed by atoms with van der Waals surface area (Å²) in [6.45, 7) is 3.65. The van der Waals surface area contributed by atoms with Gasteiger partial charge in [-0.2, -0.15) is 0 Å². The molecule has 0 spiro atoms. The molecule has 2 amide bonds. The van der Waals surface area contributed by atoms with Crippen molar-refractivity contribution < 1.29 is 19.1 Å². The van der Waals surface area contributed by atoms with E-state index in [2.05, 4.69) is 4.98 Å². The van der Waals surface area contributed by atoms with Crippen LogP contribution in [0.3, 0.4) is 0 Å². The number of hydrogen-bond donors (Lipinski definition) is 0. The number of amides is 2. The van der Waals surface area contributed by atoms with Gasteiger partial charge in [0.1, 0.15) is 0 Å². The predicted octanol–water partition coefficient (Wildman–Crippen LogP) is 3.30. The second-order valence-corrected chi connectivity index (χ2v) is 7.78. The van der Waals surface area contributed by atoms with Crippen LogP contribution < -0.4 is 4.90 Å². The molecule has 2 aliphatic rings. The molecule has 160 valence electrons. The van der Waals surface area contributed by atoms with Crippen LogP contribution in [0.4, 0.5) is 5.69 Å². The first-order valence-corrected chi connectivity index (χ1v) is 10.5. The van der Waals surface area contributed by atoms with Gasteiger partial charge in [0.05, 0.1) is 35.8 Å². The number of morpholine rings is 1. The van der Waals surface area contributed by atoms with Crippen molar-refractivity contribution in [1.29, 1.82) is 0 Å². The van der Waals surface area contributed by atoms with Crippen molar-refractivity contribution in [3.63, 3.8) is 0 Å². The lowest BCUT2D eigenvalue weighted by molar-refractivity contribution is -0.116. The van der Waals surface area contributed by atoms with Crippen molar-refractivity contribution in [2.75, 3.05) is 31.2 Å². The number of rotatable bonds is 2. The summed E-state index contributed by atoms with van der Waals surface area (Å²) in [4.78, 5) is 45.9. The number of allylic oxidation sites excluding steroid dienone is 1. The van der Waals surface area contributed by atoms with Gasteiger partial charge in [-0.3, -0.25) is 19.3 Å². The number of fused-ring (bicyclic) bond motifs is 2. The van der Waals surface area contributed by atoms with Gasteiger partial charge in [0, 0.05) is 36.5 Å². The molecule has 0 unspecified atom stereocenters. The number of carbonyl (C=O) groups excluding carboxylic acids is 3. The Hall–Kier alpha value is -3.84. The molecule has 0 aliphatic carbocycles. The molecule has 1 saturated heterocycles. The first-order chi connectivity index (χ1) is 15.5. The standard InChI is InChI=1S/C25H21N3O4/c1-16(29)28-22-5-3-2-4-20(22)24(30)23(28)15-19-9-8-17-6-7-18(14-21(17)26-19)25(31)27-10-12-32-13-11-27/h2-9,14-15H,10-13H2,1H3/b23-15+. The molecule has 2 aliphatic heterocycles. The summed E-state index contributed by atoms with van der Waals surface area (Å²) >= 11 is 0. The highest BCUT2D eigenvalue weighted by atomic mass is 16.5. The Bertz CT molecular complexity index is 1290. The molecule has 0 bridgehead atoms. The number of anilines is 1.